The van der Waals surface area contributed by atoms with Gasteiger partial charge in [-0.1, -0.05) is 86.4 Å². The largest absolute Gasteiger partial charge is 0.448 e. The van der Waals surface area contributed by atoms with Gasteiger partial charge < -0.3 is 9.64 Å². The van der Waals surface area contributed by atoms with Gasteiger partial charge >= 0.3 is 6.09 Å². The van der Waals surface area contributed by atoms with Gasteiger partial charge in [-0.15, -0.1) is 0 Å². The molecular formula is C29H37NO2. The van der Waals surface area contributed by atoms with E-state index in [1.807, 2.05) is 4.90 Å². The van der Waals surface area contributed by atoms with Crippen LogP contribution in [0.25, 0.3) is 11.1 Å². The highest BCUT2D eigenvalue weighted by molar-refractivity contribution is 5.79. The van der Waals surface area contributed by atoms with Gasteiger partial charge in [0, 0.05) is 19.0 Å². The maximum absolute atomic E-state index is 13.1. The fourth-order valence-electron chi connectivity index (χ4n) is 5.05. The highest BCUT2D eigenvalue weighted by Crippen LogP contribution is 2.44. The molecule has 1 aliphatic heterocycles. The number of hydrogen-bond acceptors (Lipinski definition) is 2. The van der Waals surface area contributed by atoms with Gasteiger partial charge in [-0.25, -0.2) is 4.79 Å². The van der Waals surface area contributed by atoms with Gasteiger partial charge in [0.15, 0.2) is 0 Å². The summed E-state index contributed by atoms with van der Waals surface area (Å²) >= 11 is 0. The Morgan fingerprint density at radius 2 is 1.22 bits per heavy atom. The highest BCUT2D eigenvalue weighted by Gasteiger charge is 2.29. The second kappa shape index (κ2) is 11.9. The Hall–Kier alpha value is -2.55. The van der Waals surface area contributed by atoms with Gasteiger partial charge in [-0.2, -0.15) is 0 Å². The summed E-state index contributed by atoms with van der Waals surface area (Å²) in [7, 11) is 0. The molecule has 3 heteroatoms. The van der Waals surface area contributed by atoms with E-state index in [1.165, 1.54) is 60.8 Å². The smallest absolute Gasteiger partial charge is 0.409 e. The molecule has 1 aliphatic carbocycles. The van der Waals surface area contributed by atoms with E-state index in [0.717, 1.165) is 38.8 Å². The number of amides is 1. The minimum atomic E-state index is -0.143. The quantitative estimate of drug-likeness (QED) is 0.456. The fourth-order valence-corrected chi connectivity index (χ4v) is 5.05. The van der Waals surface area contributed by atoms with Gasteiger partial charge in [0.25, 0.3) is 0 Å². The summed E-state index contributed by atoms with van der Waals surface area (Å²) in [6.07, 6.45) is 16.4. The van der Waals surface area contributed by atoms with E-state index < -0.39 is 0 Å². The molecule has 0 atom stereocenters. The first-order chi connectivity index (χ1) is 15.8. The number of rotatable bonds is 2. The van der Waals surface area contributed by atoms with E-state index >= 15 is 0 Å². The second-order valence-electron chi connectivity index (χ2n) is 9.17. The Balaban J connectivity index is 1.36. The maximum Gasteiger partial charge on any atom is 0.409 e. The molecule has 2 aromatic carbocycles. The molecule has 2 aromatic rings. The molecule has 170 valence electrons. The first-order valence-electron chi connectivity index (χ1n) is 12.6. The SMILES string of the molecule is O=C(OCC1c2ccccc2-c2ccccc21)N1CCCCC/C=C\CCCCCCC1. The van der Waals surface area contributed by atoms with Crippen molar-refractivity contribution >= 4 is 6.09 Å². The Kier molecular flexibility index (Phi) is 8.42. The number of benzene rings is 2. The lowest BCUT2D eigenvalue weighted by Crippen LogP contribution is -2.34. The first-order valence-corrected chi connectivity index (χ1v) is 12.6. The minimum Gasteiger partial charge on any atom is -0.448 e. The number of allylic oxidation sites excluding steroid dienone is 2. The van der Waals surface area contributed by atoms with Gasteiger partial charge in [0.05, 0.1) is 0 Å². The van der Waals surface area contributed by atoms with Crippen molar-refractivity contribution in [3.05, 3.63) is 71.8 Å². The Morgan fingerprint density at radius 1 is 0.719 bits per heavy atom. The summed E-state index contributed by atoms with van der Waals surface area (Å²) in [6.45, 7) is 2.03. The molecule has 1 heterocycles. The molecule has 0 aromatic heterocycles. The topological polar surface area (TPSA) is 29.5 Å². The van der Waals surface area contributed by atoms with E-state index in [9.17, 15) is 4.79 Å². The number of ether oxygens (including phenoxy) is 1. The molecular weight excluding hydrogens is 394 g/mol. The predicted molar refractivity (Wildman–Crippen MR) is 132 cm³/mol. The summed E-state index contributed by atoms with van der Waals surface area (Å²) < 4.78 is 5.94. The molecule has 2 aliphatic rings. The third-order valence-electron chi connectivity index (χ3n) is 6.86. The van der Waals surface area contributed by atoms with Crippen LogP contribution < -0.4 is 0 Å². The van der Waals surface area contributed by atoms with E-state index in [-0.39, 0.29) is 12.0 Å². The number of fused-ring (bicyclic) bond motifs is 3. The molecule has 0 saturated heterocycles. The van der Waals surface area contributed by atoms with Crippen LogP contribution in [0.1, 0.15) is 81.3 Å². The number of nitrogens with zero attached hydrogens (tertiary/aromatic N) is 1. The molecule has 32 heavy (non-hydrogen) atoms. The molecule has 4 rings (SSSR count). The average Bonchev–Trinajstić information content (AvgIpc) is 3.14. The summed E-state index contributed by atoms with van der Waals surface area (Å²) in [5.74, 6) is 0.126. The third kappa shape index (κ3) is 5.82. The zero-order chi connectivity index (χ0) is 22.0. The Morgan fingerprint density at radius 3 is 1.84 bits per heavy atom. The molecule has 0 unspecified atom stereocenters. The molecule has 0 saturated carbocycles. The zero-order valence-electron chi connectivity index (χ0n) is 19.3. The van der Waals surface area contributed by atoms with Crippen molar-refractivity contribution in [3.8, 4) is 11.1 Å². The molecule has 0 bridgehead atoms. The predicted octanol–water partition coefficient (Wildman–Crippen LogP) is 7.71. The van der Waals surface area contributed by atoms with Gasteiger partial charge in [-0.3, -0.25) is 0 Å². The number of carbonyl (C=O) groups is 1. The molecule has 3 nitrogen and oxygen atoms in total. The normalized spacial score (nSPS) is 19.3. The standard InChI is InChI=1S/C29H37NO2/c31-29(30-21-15-9-7-5-3-1-2-4-6-8-10-16-22-30)32-23-28-26-19-13-11-17-24(26)25-18-12-14-20-27(25)28/h1,3,11-14,17-20,28H,2,4-10,15-16,21-23H2/b3-1-. The van der Waals surface area contributed by atoms with E-state index in [2.05, 4.69) is 60.7 Å². The van der Waals surface area contributed by atoms with Crippen LogP contribution in [0.5, 0.6) is 0 Å². The summed E-state index contributed by atoms with van der Waals surface area (Å²) in [6, 6.07) is 17.0. The van der Waals surface area contributed by atoms with Gasteiger partial charge in [0.2, 0.25) is 0 Å². The van der Waals surface area contributed by atoms with Crippen molar-refractivity contribution in [2.24, 2.45) is 0 Å². The number of carbonyl (C=O) groups excluding carboxylic acids is 1. The lowest BCUT2D eigenvalue weighted by Gasteiger charge is -2.23. The fraction of sp³-hybridized carbons (Fsp3) is 0.483. The van der Waals surface area contributed by atoms with Crippen LogP contribution in [0.2, 0.25) is 0 Å². The minimum absolute atomic E-state index is 0.126. The van der Waals surface area contributed by atoms with Crippen LogP contribution >= 0.6 is 0 Å². The van der Waals surface area contributed by atoms with Crippen molar-refractivity contribution in [1.29, 1.82) is 0 Å². The highest BCUT2D eigenvalue weighted by atomic mass is 16.6. The number of hydrogen-bond donors (Lipinski definition) is 0. The van der Waals surface area contributed by atoms with Crippen molar-refractivity contribution < 1.29 is 9.53 Å². The zero-order valence-corrected chi connectivity index (χ0v) is 19.3. The van der Waals surface area contributed by atoms with Crippen LogP contribution in [-0.4, -0.2) is 30.7 Å². The Labute approximate surface area is 193 Å². The van der Waals surface area contributed by atoms with Crippen LogP contribution in [0.15, 0.2) is 60.7 Å². The van der Waals surface area contributed by atoms with Crippen LogP contribution in [0, 0.1) is 0 Å². The summed E-state index contributed by atoms with van der Waals surface area (Å²) in [5.41, 5.74) is 5.08. The lowest BCUT2D eigenvalue weighted by molar-refractivity contribution is 0.0982. The average molecular weight is 432 g/mol. The molecule has 0 fully saturated rings. The van der Waals surface area contributed by atoms with Crippen molar-refractivity contribution in [2.75, 3.05) is 19.7 Å². The van der Waals surface area contributed by atoms with Gasteiger partial charge in [-0.05, 0) is 60.8 Å². The van der Waals surface area contributed by atoms with E-state index in [1.54, 1.807) is 0 Å². The van der Waals surface area contributed by atoms with Crippen LogP contribution in [0.3, 0.4) is 0 Å². The maximum atomic E-state index is 13.1. The van der Waals surface area contributed by atoms with Crippen LogP contribution in [-0.2, 0) is 4.74 Å². The molecule has 0 radical (unpaired) electrons. The van der Waals surface area contributed by atoms with Crippen molar-refractivity contribution in [3.63, 3.8) is 0 Å². The summed E-state index contributed by atoms with van der Waals surface area (Å²) in [5, 5.41) is 0. The van der Waals surface area contributed by atoms with E-state index in [4.69, 9.17) is 4.74 Å². The van der Waals surface area contributed by atoms with E-state index in [0.29, 0.717) is 6.61 Å². The van der Waals surface area contributed by atoms with Crippen LogP contribution in [0.4, 0.5) is 4.79 Å². The van der Waals surface area contributed by atoms with Gasteiger partial charge in [0.1, 0.15) is 6.61 Å². The molecule has 1 amide bonds. The first kappa shape index (κ1) is 22.6. The molecule has 0 spiro atoms. The summed E-state index contributed by atoms with van der Waals surface area (Å²) in [4.78, 5) is 15.0. The lowest BCUT2D eigenvalue weighted by atomic mass is 9.98. The van der Waals surface area contributed by atoms with Crippen molar-refractivity contribution in [1.82, 2.24) is 4.90 Å². The third-order valence-corrected chi connectivity index (χ3v) is 6.86. The molecule has 0 N–H and O–H groups in total. The second-order valence-corrected chi connectivity index (χ2v) is 9.17. The van der Waals surface area contributed by atoms with Crippen molar-refractivity contribution in [2.45, 2.75) is 70.1 Å². The monoisotopic (exact) mass is 431 g/mol. The Bertz CT molecular complexity index is 858.